The van der Waals surface area contributed by atoms with Crippen LogP contribution in [0.1, 0.15) is 50.3 Å². The predicted octanol–water partition coefficient (Wildman–Crippen LogP) is 5.43. The van der Waals surface area contributed by atoms with Crippen LogP contribution in [0.5, 0.6) is 0 Å². The standard InChI is InChI=1S/C23H27N3O/c1-4-10-19(11-5-1)16-17-23(27-21-14-8-3-9-15-21)26-18-22(24-25-26)20-12-6-2-7-13-20/h1-2,4-7,10-13,18,21,23H,3,8-9,14-17H2. The molecule has 1 heterocycles. The quantitative estimate of drug-likeness (QED) is 0.564. The second-order valence-electron chi connectivity index (χ2n) is 7.32. The van der Waals surface area contributed by atoms with Gasteiger partial charge in [0.2, 0.25) is 0 Å². The third kappa shape index (κ3) is 4.83. The van der Waals surface area contributed by atoms with E-state index in [2.05, 4.69) is 52.8 Å². The van der Waals surface area contributed by atoms with Crippen LogP contribution in [0.25, 0.3) is 11.3 Å². The highest BCUT2D eigenvalue weighted by molar-refractivity contribution is 5.57. The monoisotopic (exact) mass is 361 g/mol. The summed E-state index contributed by atoms with van der Waals surface area (Å²) in [6, 6.07) is 20.8. The van der Waals surface area contributed by atoms with Gasteiger partial charge < -0.3 is 4.74 Å². The highest BCUT2D eigenvalue weighted by Gasteiger charge is 2.22. The normalized spacial score (nSPS) is 16.3. The van der Waals surface area contributed by atoms with Crippen LogP contribution in [-0.2, 0) is 11.2 Å². The minimum Gasteiger partial charge on any atom is -0.353 e. The van der Waals surface area contributed by atoms with E-state index in [-0.39, 0.29) is 6.23 Å². The summed E-state index contributed by atoms with van der Waals surface area (Å²) in [4.78, 5) is 0. The first-order valence-electron chi connectivity index (χ1n) is 10.0. The Hall–Kier alpha value is -2.46. The number of benzene rings is 2. The fraction of sp³-hybridized carbons (Fsp3) is 0.391. The summed E-state index contributed by atoms with van der Waals surface area (Å²) in [6.45, 7) is 0. The van der Waals surface area contributed by atoms with Crippen LogP contribution < -0.4 is 0 Å². The lowest BCUT2D eigenvalue weighted by Crippen LogP contribution is -2.24. The minimum atomic E-state index is -0.0710. The summed E-state index contributed by atoms with van der Waals surface area (Å²) in [6.07, 6.45) is 10.3. The molecule has 4 heteroatoms. The van der Waals surface area contributed by atoms with Crippen LogP contribution in [0.3, 0.4) is 0 Å². The molecule has 1 unspecified atom stereocenters. The summed E-state index contributed by atoms with van der Waals surface area (Å²) >= 11 is 0. The molecular formula is C23H27N3O. The van der Waals surface area contributed by atoms with E-state index >= 15 is 0 Å². The van der Waals surface area contributed by atoms with Gasteiger partial charge in [-0.1, -0.05) is 85.1 Å². The van der Waals surface area contributed by atoms with Gasteiger partial charge in [-0.15, -0.1) is 5.10 Å². The topological polar surface area (TPSA) is 39.9 Å². The molecule has 0 amide bonds. The van der Waals surface area contributed by atoms with Gasteiger partial charge in [-0.05, 0) is 31.2 Å². The van der Waals surface area contributed by atoms with E-state index in [1.807, 2.05) is 29.1 Å². The van der Waals surface area contributed by atoms with Gasteiger partial charge in [0.15, 0.2) is 6.23 Å². The number of hydrogen-bond acceptors (Lipinski definition) is 3. The maximum atomic E-state index is 6.51. The molecule has 27 heavy (non-hydrogen) atoms. The number of nitrogens with zero attached hydrogens (tertiary/aromatic N) is 3. The molecule has 0 bridgehead atoms. The second-order valence-corrected chi connectivity index (χ2v) is 7.32. The molecule has 1 aliphatic rings. The Morgan fingerprint density at radius 2 is 1.63 bits per heavy atom. The zero-order valence-electron chi connectivity index (χ0n) is 15.7. The lowest BCUT2D eigenvalue weighted by Gasteiger charge is -2.27. The van der Waals surface area contributed by atoms with Crippen LogP contribution in [-0.4, -0.2) is 21.1 Å². The molecular weight excluding hydrogens is 334 g/mol. The van der Waals surface area contributed by atoms with E-state index in [0.29, 0.717) is 6.10 Å². The first-order chi connectivity index (χ1) is 13.4. The highest BCUT2D eigenvalue weighted by atomic mass is 16.5. The number of rotatable bonds is 7. The summed E-state index contributed by atoms with van der Waals surface area (Å²) < 4.78 is 8.43. The average Bonchev–Trinajstić information content (AvgIpc) is 3.23. The molecule has 0 N–H and O–H groups in total. The molecule has 0 spiro atoms. The largest absolute Gasteiger partial charge is 0.353 e. The maximum absolute atomic E-state index is 6.51. The van der Waals surface area contributed by atoms with Gasteiger partial charge in [0.25, 0.3) is 0 Å². The van der Waals surface area contributed by atoms with Crippen molar-refractivity contribution in [3.63, 3.8) is 0 Å². The van der Waals surface area contributed by atoms with Crippen molar-refractivity contribution in [2.75, 3.05) is 0 Å². The third-order valence-electron chi connectivity index (χ3n) is 5.30. The number of aryl methyl sites for hydroxylation is 1. The highest BCUT2D eigenvalue weighted by Crippen LogP contribution is 2.27. The van der Waals surface area contributed by atoms with Crippen molar-refractivity contribution in [1.29, 1.82) is 0 Å². The van der Waals surface area contributed by atoms with Crippen molar-refractivity contribution in [3.8, 4) is 11.3 Å². The van der Waals surface area contributed by atoms with Crippen molar-refractivity contribution in [2.24, 2.45) is 0 Å². The van der Waals surface area contributed by atoms with Crippen LogP contribution in [0, 0.1) is 0 Å². The van der Waals surface area contributed by atoms with Gasteiger partial charge in [-0.2, -0.15) is 0 Å². The van der Waals surface area contributed by atoms with Crippen LogP contribution in [0.15, 0.2) is 66.9 Å². The van der Waals surface area contributed by atoms with Crippen LogP contribution >= 0.6 is 0 Å². The zero-order chi connectivity index (χ0) is 18.3. The van der Waals surface area contributed by atoms with Crippen LogP contribution in [0.4, 0.5) is 0 Å². The molecule has 140 valence electrons. The summed E-state index contributed by atoms with van der Waals surface area (Å²) in [5.41, 5.74) is 3.31. The first kappa shape index (κ1) is 17.9. The second kappa shape index (κ2) is 8.96. The Morgan fingerprint density at radius 3 is 2.37 bits per heavy atom. The van der Waals surface area contributed by atoms with Gasteiger partial charge in [0.1, 0.15) is 5.69 Å². The zero-order valence-corrected chi connectivity index (χ0v) is 15.7. The fourth-order valence-corrected chi connectivity index (χ4v) is 3.78. The molecule has 1 atom stereocenters. The van der Waals surface area contributed by atoms with Crippen molar-refractivity contribution in [1.82, 2.24) is 15.0 Å². The molecule has 1 saturated carbocycles. The Labute approximate surface area is 161 Å². The van der Waals surface area contributed by atoms with E-state index in [9.17, 15) is 0 Å². The summed E-state index contributed by atoms with van der Waals surface area (Å²) in [5, 5.41) is 8.80. The fourth-order valence-electron chi connectivity index (χ4n) is 3.78. The van der Waals surface area contributed by atoms with Gasteiger partial charge in [0, 0.05) is 5.56 Å². The molecule has 0 saturated heterocycles. The first-order valence-corrected chi connectivity index (χ1v) is 10.0. The lowest BCUT2D eigenvalue weighted by molar-refractivity contribution is -0.0783. The van der Waals surface area contributed by atoms with Gasteiger partial charge in [-0.3, -0.25) is 0 Å². The third-order valence-corrected chi connectivity index (χ3v) is 5.30. The van der Waals surface area contributed by atoms with E-state index in [4.69, 9.17) is 4.74 Å². The molecule has 1 aliphatic carbocycles. The van der Waals surface area contributed by atoms with Gasteiger partial charge >= 0.3 is 0 Å². The smallest absolute Gasteiger partial charge is 0.152 e. The molecule has 0 radical (unpaired) electrons. The van der Waals surface area contributed by atoms with E-state index in [0.717, 1.165) is 36.9 Å². The Morgan fingerprint density at radius 1 is 0.926 bits per heavy atom. The van der Waals surface area contributed by atoms with Crippen LogP contribution in [0.2, 0.25) is 0 Å². The van der Waals surface area contributed by atoms with Crippen molar-refractivity contribution < 1.29 is 4.74 Å². The molecule has 1 fully saturated rings. The summed E-state index contributed by atoms with van der Waals surface area (Å²) in [7, 11) is 0. The lowest BCUT2D eigenvalue weighted by atomic mass is 9.97. The maximum Gasteiger partial charge on any atom is 0.152 e. The van der Waals surface area contributed by atoms with E-state index < -0.39 is 0 Å². The summed E-state index contributed by atoms with van der Waals surface area (Å²) in [5.74, 6) is 0. The van der Waals surface area contributed by atoms with E-state index in [1.54, 1.807) is 0 Å². The minimum absolute atomic E-state index is 0.0710. The van der Waals surface area contributed by atoms with E-state index in [1.165, 1.54) is 24.8 Å². The SMILES string of the molecule is c1ccc(CCC(OC2CCCCC2)n2cc(-c3ccccc3)nn2)cc1. The van der Waals surface area contributed by atoms with Gasteiger partial charge in [0.05, 0.1) is 12.3 Å². The molecule has 4 nitrogen and oxygen atoms in total. The molecule has 3 aromatic rings. The number of hydrogen-bond donors (Lipinski definition) is 0. The molecule has 1 aromatic heterocycles. The molecule has 0 aliphatic heterocycles. The molecule has 2 aromatic carbocycles. The number of aromatic nitrogens is 3. The predicted molar refractivity (Wildman–Crippen MR) is 107 cm³/mol. The average molecular weight is 361 g/mol. The van der Waals surface area contributed by atoms with Crippen molar-refractivity contribution in [3.05, 3.63) is 72.4 Å². The van der Waals surface area contributed by atoms with Gasteiger partial charge in [-0.25, -0.2) is 4.68 Å². The Balaban J connectivity index is 1.50. The Kier molecular flexibility index (Phi) is 5.95. The number of ether oxygens (including phenoxy) is 1. The van der Waals surface area contributed by atoms with Crippen molar-refractivity contribution in [2.45, 2.75) is 57.3 Å². The Bertz CT molecular complexity index is 810. The molecule has 4 rings (SSSR count). The van der Waals surface area contributed by atoms with Crippen molar-refractivity contribution >= 4 is 0 Å².